The Hall–Kier alpha value is -1.10. The second-order valence-electron chi connectivity index (χ2n) is 4.65. The fourth-order valence-electron chi connectivity index (χ4n) is 1.23. The lowest BCUT2D eigenvalue weighted by molar-refractivity contribution is -0.148. The molecule has 3 N–H and O–H groups in total. The molecule has 0 heterocycles. The number of hydrogen-bond donors (Lipinski definition) is 3. The van der Waals surface area contributed by atoms with Crippen LogP contribution in [0.3, 0.4) is 0 Å². The highest BCUT2D eigenvalue weighted by atomic mass is 16.4. The van der Waals surface area contributed by atoms with Gasteiger partial charge >= 0.3 is 5.97 Å². The van der Waals surface area contributed by atoms with Gasteiger partial charge in [0, 0.05) is 12.6 Å². The molecule has 16 heavy (non-hydrogen) atoms. The van der Waals surface area contributed by atoms with E-state index < -0.39 is 11.4 Å². The van der Waals surface area contributed by atoms with E-state index in [2.05, 4.69) is 10.6 Å². The third kappa shape index (κ3) is 3.81. The maximum absolute atomic E-state index is 11.4. The Kier molecular flexibility index (Phi) is 4.29. The summed E-state index contributed by atoms with van der Waals surface area (Å²) >= 11 is 0. The zero-order chi connectivity index (χ0) is 12.2. The molecule has 0 spiro atoms. The Labute approximate surface area is 95.6 Å². The van der Waals surface area contributed by atoms with Crippen LogP contribution in [-0.4, -0.2) is 36.1 Å². The first-order chi connectivity index (χ1) is 7.48. The van der Waals surface area contributed by atoms with Crippen molar-refractivity contribution >= 4 is 11.9 Å². The van der Waals surface area contributed by atoms with E-state index in [1.807, 2.05) is 6.92 Å². The first-order valence-corrected chi connectivity index (χ1v) is 5.71. The predicted octanol–water partition coefficient (Wildman–Crippen LogP) is 0.355. The van der Waals surface area contributed by atoms with Crippen LogP contribution in [0.2, 0.25) is 0 Å². The molecule has 1 saturated carbocycles. The molecule has 0 saturated heterocycles. The molecule has 5 nitrogen and oxygen atoms in total. The van der Waals surface area contributed by atoms with Crippen LogP contribution in [0.15, 0.2) is 0 Å². The molecule has 1 amide bonds. The van der Waals surface area contributed by atoms with Gasteiger partial charge in [-0.25, -0.2) is 0 Å². The van der Waals surface area contributed by atoms with Gasteiger partial charge in [-0.15, -0.1) is 0 Å². The number of nitrogens with one attached hydrogen (secondary N) is 2. The fourth-order valence-corrected chi connectivity index (χ4v) is 1.23. The quantitative estimate of drug-likeness (QED) is 0.587. The van der Waals surface area contributed by atoms with Crippen LogP contribution in [0.5, 0.6) is 0 Å². The number of amides is 1. The van der Waals surface area contributed by atoms with E-state index in [1.54, 1.807) is 6.92 Å². The van der Waals surface area contributed by atoms with Crippen molar-refractivity contribution in [3.8, 4) is 0 Å². The van der Waals surface area contributed by atoms with Crippen LogP contribution in [0.4, 0.5) is 0 Å². The van der Waals surface area contributed by atoms with Crippen molar-refractivity contribution in [3.05, 3.63) is 0 Å². The number of rotatable bonds is 7. The predicted molar refractivity (Wildman–Crippen MR) is 60.1 cm³/mol. The van der Waals surface area contributed by atoms with Crippen LogP contribution in [-0.2, 0) is 9.59 Å². The topological polar surface area (TPSA) is 78.4 Å². The van der Waals surface area contributed by atoms with Crippen molar-refractivity contribution in [1.82, 2.24) is 10.6 Å². The SMILES string of the molecule is CCC(C)(CNC(=O)CNC1CC1)C(=O)O. The molecule has 0 radical (unpaired) electrons. The lowest BCUT2D eigenvalue weighted by Gasteiger charge is -2.23. The van der Waals surface area contributed by atoms with Gasteiger partial charge in [0.05, 0.1) is 12.0 Å². The average Bonchev–Trinajstić information content (AvgIpc) is 3.06. The third-order valence-corrected chi connectivity index (χ3v) is 3.10. The van der Waals surface area contributed by atoms with Crippen LogP contribution < -0.4 is 10.6 Å². The molecule has 1 unspecified atom stereocenters. The zero-order valence-corrected chi connectivity index (χ0v) is 9.88. The Morgan fingerprint density at radius 1 is 1.44 bits per heavy atom. The monoisotopic (exact) mass is 228 g/mol. The second-order valence-corrected chi connectivity index (χ2v) is 4.65. The molecule has 1 rings (SSSR count). The number of hydrogen-bond acceptors (Lipinski definition) is 3. The van der Waals surface area contributed by atoms with E-state index in [0.717, 1.165) is 12.8 Å². The molecule has 0 aromatic carbocycles. The minimum Gasteiger partial charge on any atom is -0.481 e. The van der Waals surface area contributed by atoms with Gasteiger partial charge in [0.1, 0.15) is 0 Å². The summed E-state index contributed by atoms with van der Waals surface area (Å²) in [5.41, 5.74) is -0.866. The van der Waals surface area contributed by atoms with E-state index in [0.29, 0.717) is 12.5 Å². The summed E-state index contributed by atoms with van der Waals surface area (Å²) in [7, 11) is 0. The minimum atomic E-state index is -0.870. The fraction of sp³-hybridized carbons (Fsp3) is 0.818. The Morgan fingerprint density at radius 3 is 2.50 bits per heavy atom. The molecule has 1 fully saturated rings. The van der Waals surface area contributed by atoms with Gasteiger partial charge in [-0.3, -0.25) is 9.59 Å². The van der Waals surface area contributed by atoms with Crippen LogP contribution in [0, 0.1) is 5.41 Å². The van der Waals surface area contributed by atoms with Gasteiger partial charge in [0.25, 0.3) is 0 Å². The molecule has 1 atom stereocenters. The number of carbonyl (C=O) groups excluding carboxylic acids is 1. The van der Waals surface area contributed by atoms with Crippen LogP contribution >= 0.6 is 0 Å². The lowest BCUT2D eigenvalue weighted by atomic mass is 9.88. The van der Waals surface area contributed by atoms with E-state index in [4.69, 9.17) is 5.11 Å². The van der Waals surface area contributed by atoms with E-state index >= 15 is 0 Å². The van der Waals surface area contributed by atoms with Gasteiger partial charge in [-0.05, 0) is 26.2 Å². The number of aliphatic carboxylic acids is 1. The molecule has 0 bridgehead atoms. The van der Waals surface area contributed by atoms with Gasteiger partial charge in [-0.1, -0.05) is 6.92 Å². The molecule has 0 aromatic rings. The zero-order valence-electron chi connectivity index (χ0n) is 9.88. The molecule has 1 aliphatic carbocycles. The molecule has 5 heteroatoms. The summed E-state index contributed by atoms with van der Waals surface area (Å²) in [4.78, 5) is 22.4. The molecule has 0 aromatic heterocycles. The Balaban J connectivity index is 2.25. The summed E-state index contributed by atoms with van der Waals surface area (Å²) in [6.45, 7) is 3.92. The Morgan fingerprint density at radius 2 is 2.06 bits per heavy atom. The second kappa shape index (κ2) is 5.30. The van der Waals surface area contributed by atoms with Crippen molar-refractivity contribution in [3.63, 3.8) is 0 Å². The van der Waals surface area contributed by atoms with Crippen molar-refractivity contribution in [2.24, 2.45) is 5.41 Å². The number of carboxylic acids is 1. The molecule has 0 aliphatic heterocycles. The van der Waals surface area contributed by atoms with Crippen molar-refractivity contribution < 1.29 is 14.7 Å². The molecule has 1 aliphatic rings. The normalized spacial score (nSPS) is 18.9. The minimum absolute atomic E-state index is 0.132. The summed E-state index contributed by atoms with van der Waals surface area (Å²) in [6.07, 6.45) is 2.77. The Bertz CT molecular complexity index is 276. The van der Waals surface area contributed by atoms with E-state index in [9.17, 15) is 9.59 Å². The first kappa shape index (κ1) is 13.0. The van der Waals surface area contributed by atoms with Gasteiger partial charge in [-0.2, -0.15) is 0 Å². The molecular weight excluding hydrogens is 208 g/mol. The highest BCUT2D eigenvalue weighted by molar-refractivity contribution is 5.80. The third-order valence-electron chi connectivity index (χ3n) is 3.10. The van der Waals surface area contributed by atoms with Crippen molar-refractivity contribution in [1.29, 1.82) is 0 Å². The first-order valence-electron chi connectivity index (χ1n) is 5.71. The molecule has 92 valence electrons. The maximum atomic E-state index is 11.4. The molecular formula is C11H20N2O3. The highest BCUT2D eigenvalue weighted by Crippen LogP contribution is 2.20. The number of carboxylic acid groups (broad SMARTS) is 1. The lowest BCUT2D eigenvalue weighted by Crippen LogP contribution is -2.43. The van der Waals surface area contributed by atoms with E-state index in [1.165, 1.54) is 0 Å². The maximum Gasteiger partial charge on any atom is 0.311 e. The van der Waals surface area contributed by atoms with Gasteiger partial charge in [0.15, 0.2) is 0 Å². The van der Waals surface area contributed by atoms with Gasteiger partial charge in [0.2, 0.25) is 5.91 Å². The smallest absolute Gasteiger partial charge is 0.311 e. The van der Waals surface area contributed by atoms with E-state index in [-0.39, 0.29) is 19.0 Å². The average molecular weight is 228 g/mol. The summed E-state index contributed by atoms with van der Waals surface area (Å²) < 4.78 is 0. The summed E-state index contributed by atoms with van der Waals surface area (Å²) in [6, 6.07) is 0.489. The number of carbonyl (C=O) groups is 2. The largest absolute Gasteiger partial charge is 0.481 e. The highest BCUT2D eigenvalue weighted by Gasteiger charge is 2.31. The van der Waals surface area contributed by atoms with Crippen molar-refractivity contribution in [2.75, 3.05) is 13.1 Å². The van der Waals surface area contributed by atoms with Gasteiger partial charge < -0.3 is 15.7 Å². The summed E-state index contributed by atoms with van der Waals surface area (Å²) in [5, 5.41) is 14.7. The van der Waals surface area contributed by atoms with Crippen molar-refractivity contribution in [2.45, 2.75) is 39.2 Å². The van der Waals surface area contributed by atoms with Crippen LogP contribution in [0.25, 0.3) is 0 Å². The standard InChI is InChI=1S/C11H20N2O3/c1-3-11(2,10(15)16)7-13-9(14)6-12-8-4-5-8/h8,12H,3-7H2,1-2H3,(H,13,14)(H,15,16). The van der Waals surface area contributed by atoms with Crippen LogP contribution in [0.1, 0.15) is 33.1 Å². The summed E-state index contributed by atoms with van der Waals surface area (Å²) in [5.74, 6) is -1.00.